The van der Waals surface area contributed by atoms with E-state index in [1.807, 2.05) is 4.57 Å². The molecule has 0 spiro atoms. The molecule has 0 bridgehead atoms. The standard InChI is InChI=1S/C16H24N5O4P/c1-4-23-26(22,24-5-2)9-8-12-6-7-13(25-12)21-11-20-14-15(17-3)18-10-19-16(14)21/h8-13H,4-7H2,1-3H3,(H,17,18,19)/b9-8+/t12-,13+/m0/s1. The molecule has 3 rings (SSSR count). The molecule has 10 heteroatoms. The maximum absolute atomic E-state index is 12.5. The molecule has 2 aromatic rings. The smallest absolute Gasteiger partial charge is 0.353 e. The highest BCUT2D eigenvalue weighted by Crippen LogP contribution is 2.50. The average molecular weight is 381 g/mol. The monoisotopic (exact) mass is 381 g/mol. The summed E-state index contributed by atoms with van der Waals surface area (Å²) in [5.41, 5.74) is 1.42. The van der Waals surface area contributed by atoms with Crippen molar-refractivity contribution in [3.05, 3.63) is 24.5 Å². The molecule has 0 saturated carbocycles. The fourth-order valence-electron chi connectivity index (χ4n) is 2.92. The number of ether oxygens (including phenoxy) is 1. The van der Waals surface area contributed by atoms with Crippen molar-refractivity contribution in [3.8, 4) is 0 Å². The van der Waals surface area contributed by atoms with Gasteiger partial charge in [0.2, 0.25) is 0 Å². The van der Waals surface area contributed by atoms with Gasteiger partial charge in [0, 0.05) is 12.9 Å². The molecule has 0 unspecified atom stereocenters. The second-order valence-corrected chi connectivity index (χ2v) is 7.61. The lowest BCUT2D eigenvalue weighted by Gasteiger charge is -2.15. The summed E-state index contributed by atoms with van der Waals surface area (Å²) in [5.74, 6) is 2.18. The Balaban J connectivity index is 1.73. The van der Waals surface area contributed by atoms with Crippen molar-refractivity contribution >= 4 is 24.6 Å². The van der Waals surface area contributed by atoms with E-state index >= 15 is 0 Å². The van der Waals surface area contributed by atoms with E-state index < -0.39 is 7.60 Å². The first-order valence-electron chi connectivity index (χ1n) is 8.69. The second-order valence-electron chi connectivity index (χ2n) is 5.72. The van der Waals surface area contributed by atoms with Crippen LogP contribution in [0, 0.1) is 0 Å². The third kappa shape index (κ3) is 3.96. The lowest BCUT2D eigenvalue weighted by Crippen LogP contribution is -2.10. The van der Waals surface area contributed by atoms with Crippen LogP contribution in [0.4, 0.5) is 5.82 Å². The molecule has 0 aliphatic carbocycles. The summed E-state index contributed by atoms with van der Waals surface area (Å²) < 4.78 is 31.0. The van der Waals surface area contributed by atoms with Crippen molar-refractivity contribution in [2.24, 2.45) is 0 Å². The largest absolute Gasteiger partial charge is 0.371 e. The summed E-state index contributed by atoms with van der Waals surface area (Å²) in [4.78, 5) is 12.9. The number of nitrogens with zero attached hydrogens (tertiary/aromatic N) is 4. The Kier molecular flexibility index (Phi) is 6.03. The molecule has 1 aliphatic heterocycles. The van der Waals surface area contributed by atoms with Gasteiger partial charge in [-0.1, -0.05) is 0 Å². The average Bonchev–Trinajstić information content (AvgIpc) is 3.26. The Hall–Kier alpha value is -1.80. The quantitative estimate of drug-likeness (QED) is 0.695. The van der Waals surface area contributed by atoms with Gasteiger partial charge in [0.15, 0.2) is 11.5 Å². The predicted octanol–water partition coefficient (Wildman–Crippen LogP) is 3.33. The van der Waals surface area contributed by atoms with Gasteiger partial charge in [-0.05, 0) is 32.8 Å². The Morgan fingerprint density at radius 3 is 2.77 bits per heavy atom. The van der Waals surface area contributed by atoms with Gasteiger partial charge < -0.3 is 19.1 Å². The zero-order chi connectivity index (χ0) is 18.6. The van der Waals surface area contributed by atoms with Crippen molar-refractivity contribution in [2.75, 3.05) is 25.6 Å². The molecule has 0 aromatic carbocycles. The van der Waals surface area contributed by atoms with Gasteiger partial charge in [-0.3, -0.25) is 9.13 Å². The van der Waals surface area contributed by atoms with Crippen LogP contribution in [0.1, 0.15) is 32.9 Å². The van der Waals surface area contributed by atoms with Crippen LogP contribution in [0.25, 0.3) is 11.2 Å². The molecule has 0 amide bonds. The predicted molar refractivity (Wildman–Crippen MR) is 98.0 cm³/mol. The first-order valence-corrected chi connectivity index (χ1v) is 10.3. The van der Waals surface area contributed by atoms with Crippen molar-refractivity contribution in [1.82, 2.24) is 19.5 Å². The summed E-state index contributed by atoms with van der Waals surface area (Å²) in [5, 5.41) is 3.01. The molecule has 1 saturated heterocycles. The van der Waals surface area contributed by atoms with Crippen molar-refractivity contribution in [3.63, 3.8) is 0 Å². The SMILES string of the molecule is CCOP(=O)(/C=C/[C@@H]1CC[C@H](n2cnc3c(NC)ncnc32)O1)OCC. The second kappa shape index (κ2) is 8.26. The fraction of sp³-hybridized carbons (Fsp3) is 0.562. The van der Waals surface area contributed by atoms with Gasteiger partial charge in [0.1, 0.15) is 18.1 Å². The third-order valence-corrected chi connectivity index (χ3v) is 5.81. The topological polar surface area (TPSA) is 100 Å². The van der Waals surface area contributed by atoms with E-state index in [-0.39, 0.29) is 12.3 Å². The van der Waals surface area contributed by atoms with Gasteiger partial charge in [-0.15, -0.1) is 0 Å². The molecule has 1 aliphatic rings. The van der Waals surface area contributed by atoms with E-state index in [0.29, 0.717) is 30.2 Å². The molecule has 2 aromatic heterocycles. The van der Waals surface area contributed by atoms with Crippen LogP contribution in [0.3, 0.4) is 0 Å². The van der Waals surface area contributed by atoms with E-state index in [1.165, 1.54) is 12.1 Å². The van der Waals surface area contributed by atoms with E-state index in [0.717, 1.165) is 12.8 Å². The summed E-state index contributed by atoms with van der Waals surface area (Å²) in [6.45, 7) is 4.22. The zero-order valence-corrected chi connectivity index (χ0v) is 16.1. The molecule has 142 valence electrons. The number of fused-ring (bicyclic) bond motifs is 1. The van der Waals surface area contributed by atoms with Crippen LogP contribution in [0.15, 0.2) is 24.5 Å². The molecule has 3 heterocycles. The summed E-state index contributed by atoms with van der Waals surface area (Å²) in [7, 11) is -1.42. The minimum Gasteiger partial charge on any atom is -0.371 e. The van der Waals surface area contributed by atoms with Crippen LogP contribution >= 0.6 is 7.60 Å². The van der Waals surface area contributed by atoms with Crippen molar-refractivity contribution in [1.29, 1.82) is 0 Å². The highest BCUT2D eigenvalue weighted by molar-refractivity contribution is 7.57. The maximum Gasteiger partial charge on any atom is 0.353 e. The summed E-state index contributed by atoms with van der Waals surface area (Å²) in [6, 6.07) is 0. The minimum atomic E-state index is -3.21. The van der Waals surface area contributed by atoms with E-state index in [4.69, 9.17) is 13.8 Å². The minimum absolute atomic E-state index is 0.169. The number of anilines is 1. The van der Waals surface area contributed by atoms with Crippen LogP contribution < -0.4 is 5.32 Å². The third-order valence-electron chi connectivity index (χ3n) is 4.04. The first-order chi connectivity index (χ1) is 12.6. The highest BCUT2D eigenvalue weighted by Gasteiger charge is 2.28. The number of hydrogen-bond donors (Lipinski definition) is 1. The zero-order valence-electron chi connectivity index (χ0n) is 15.2. The molecular weight excluding hydrogens is 357 g/mol. The van der Waals surface area contributed by atoms with E-state index in [1.54, 1.807) is 33.3 Å². The molecule has 9 nitrogen and oxygen atoms in total. The van der Waals surface area contributed by atoms with Crippen LogP contribution in [0.2, 0.25) is 0 Å². The van der Waals surface area contributed by atoms with E-state index in [9.17, 15) is 4.57 Å². The van der Waals surface area contributed by atoms with Crippen LogP contribution in [0.5, 0.6) is 0 Å². The maximum atomic E-state index is 12.5. The highest BCUT2D eigenvalue weighted by atomic mass is 31.2. The normalized spacial score (nSPS) is 21.0. The number of rotatable bonds is 8. The Labute approximate surface area is 152 Å². The van der Waals surface area contributed by atoms with Gasteiger partial charge in [-0.2, -0.15) is 0 Å². The lowest BCUT2D eigenvalue weighted by molar-refractivity contribution is 0.0258. The summed E-state index contributed by atoms with van der Waals surface area (Å²) >= 11 is 0. The Morgan fingerprint density at radius 2 is 2.08 bits per heavy atom. The first kappa shape index (κ1) is 19.0. The Morgan fingerprint density at radius 1 is 1.31 bits per heavy atom. The number of nitrogens with one attached hydrogen (secondary N) is 1. The van der Waals surface area contributed by atoms with Crippen molar-refractivity contribution in [2.45, 2.75) is 39.0 Å². The lowest BCUT2D eigenvalue weighted by atomic mass is 10.2. The molecule has 2 atom stereocenters. The van der Waals surface area contributed by atoms with Gasteiger partial charge in [0.05, 0.1) is 25.6 Å². The number of aromatic nitrogens is 4. The molecule has 26 heavy (non-hydrogen) atoms. The van der Waals surface area contributed by atoms with Crippen molar-refractivity contribution < 1.29 is 18.3 Å². The number of imidazole rings is 1. The molecule has 1 fully saturated rings. The summed E-state index contributed by atoms with van der Waals surface area (Å²) in [6.07, 6.45) is 6.21. The molecule has 0 radical (unpaired) electrons. The van der Waals surface area contributed by atoms with Gasteiger partial charge in [0.25, 0.3) is 0 Å². The van der Waals surface area contributed by atoms with E-state index in [2.05, 4.69) is 20.3 Å². The molecule has 1 N–H and O–H groups in total. The number of hydrogen-bond acceptors (Lipinski definition) is 8. The van der Waals surface area contributed by atoms with Gasteiger partial charge >= 0.3 is 7.60 Å². The Bertz CT molecular complexity index is 814. The fourth-order valence-corrected chi connectivity index (χ4v) is 4.29. The van der Waals surface area contributed by atoms with Crippen LogP contribution in [-0.4, -0.2) is 45.9 Å². The van der Waals surface area contributed by atoms with Gasteiger partial charge in [-0.25, -0.2) is 15.0 Å². The van der Waals surface area contributed by atoms with Crippen LogP contribution in [-0.2, 0) is 18.3 Å². The molecular formula is C16H24N5O4P.